The van der Waals surface area contributed by atoms with E-state index in [2.05, 4.69) is 5.32 Å². The van der Waals surface area contributed by atoms with E-state index in [9.17, 15) is 36.6 Å². The average Bonchev–Trinajstić information content (AvgIpc) is 2.83. The number of allylic oxidation sites excluding steroid dienone is 1. The fourth-order valence-corrected chi connectivity index (χ4v) is 4.24. The lowest BCUT2D eigenvalue weighted by Gasteiger charge is -2.43. The molecule has 1 aromatic carbocycles. The van der Waals surface area contributed by atoms with Gasteiger partial charge in [-0.15, -0.1) is 0 Å². The van der Waals surface area contributed by atoms with Crippen molar-refractivity contribution in [3.05, 3.63) is 47.0 Å². The second-order valence-electron chi connectivity index (χ2n) is 12.9. The second kappa shape index (κ2) is 14.8. The Morgan fingerprint density at radius 1 is 1.12 bits per heavy atom. The summed E-state index contributed by atoms with van der Waals surface area (Å²) in [6.45, 7) is 12.1. The predicted octanol–water partition coefficient (Wildman–Crippen LogP) is 5.67. The molecule has 1 saturated heterocycles. The lowest BCUT2D eigenvalue weighted by Crippen LogP contribution is -2.63. The first-order valence-electron chi connectivity index (χ1n) is 14.0. The molecule has 0 aliphatic carbocycles. The van der Waals surface area contributed by atoms with Gasteiger partial charge in [0.25, 0.3) is 0 Å². The van der Waals surface area contributed by atoms with Crippen molar-refractivity contribution < 1.29 is 50.9 Å². The third-order valence-corrected chi connectivity index (χ3v) is 6.27. The number of aliphatic hydroxyl groups excluding tert-OH is 1. The van der Waals surface area contributed by atoms with Gasteiger partial charge in [-0.3, -0.25) is 9.69 Å². The molecule has 244 valence electrons. The number of benzene rings is 1. The van der Waals surface area contributed by atoms with Crippen LogP contribution in [0.1, 0.15) is 66.9 Å². The SMILES string of the molecule is CC(=CCCC(F)(F)F)C(=O)N[C@@H](Cc1cc(F)cc(F)c1)[C@H](O)[C@H]1CO[C@@H](OCC(C)(C)C)CN1C(=O)OC(C)(C)C. The van der Waals surface area contributed by atoms with Crippen LogP contribution in [0.4, 0.5) is 26.7 Å². The van der Waals surface area contributed by atoms with Gasteiger partial charge in [0.1, 0.15) is 17.2 Å². The van der Waals surface area contributed by atoms with E-state index in [-0.39, 0.29) is 36.1 Å². The molecule has 0 saturated carbocycles. The first-order chi connectivity index (χ1) is 19.6. The van der Waals surface area contributed by atoms with Crippen LogP contribution in [-0.2, 0) is 25.4 Å². The molecule has 1 aliphatic rings. The van der Waals surface area contributed by atoms with Crippen LogP contribution in [0.2, 0.25) is 0 Å². The minimum Gasteiger partial charge on any atom is -0.444 e. The van der Waals surface area contributed by atoms with Crippen LogP contribution in [0.3, 0.4) is 0 Å². The smallest absolute Gasteiger partial charge is 0.410 e. The fourth-order valence-electron chi connectivity index (χ4n) is 4.24. The van der Waals surface area contributed by atoms with Gasteiger partial charge in [-0.2, -0.15) is 13.2 Å². The van der Waals surface area contributed by atoms with Gasteiger partial charge in [-0.05, 0) is 63.6 Å². The van der Waals surface area contributed by atoms with Crippen molar-refractivity contribution in [1.82, 2.24) is 10.2 Å². The van der Waals surface area contributed by atoms with Crippen LogP contribution in [0.15, 0.2) is 29.8 Å². The normalized spacial score (nSPS) is 20.0. The molecule has 2 rings (SSSR count). The maximum absolute atomic E-state index is 14.0. The van der Waals surface area contributed by atoms with Gasteiger partial charge in [0.2, 0.25) is 5.91 Å². The van der Waals surface area contributed by atoms with E-state index in [1.165, 1.54) is 11.8 Å². The predicted molar refractivity (Wildman–Crippen MR) is 149 cm³/mol. The van der Waals surface area contributed by atoms with Crippen molar-refractivity contribution >= 4 is 12.0 Å². The molecule has 1 aliphatic heterocycles. The number of carbonyl (C=O) groups is 2. The van der Waals surface area contributed by atoms with Crippen molar-refractivity contribution in [1.29, 1.82) is 0 Å². The molecule has 0 unspecified atom stereocenters. The van der Waals surface area contributed by atoms with Gasteiger partial charge >= 0.3 is 12.3 Å². The van der Waals surface area contributed by atoms with E-state index in [1.807, 2.05) is 20.8 Å². The monoisotopic (exact) mass is 622 g/mol. The second-order valence-corrected chi connectivity index (χ2v) is 12.9. The Morgan fingerprint density at radius 2 is 1.72 bits per heavy atom. The lowest BCUT2D eigenvalue weighted by molar-refractivity contribution is -0.211. The van der Waals surface area contributed by atoms with Crippen LogP contribution in [0.5, 0.6) is 0 Å². The molecule has 13 heteroatoms. The number of carbonyl (C=O) groups excluding carboxylic acids is 2. The van der Waals surface area contributed by atoms with Gasteiger partial charge in [0.05, 0.1) is 37.9 Å². The fraction of sp³-hybridized carbons (Fsp3) is 0.667. The van der Waals surface area contributed by atoms with Gasteiger partial charge in [-0.1, -0.05) is 26.8 Å². The molecule has 0 spiro atoms. The van der Waals surface area contributed by atoms with E-state index in [1.54, 1.807) is 20.8 Å². The van der Waals surface area contributed by atoms with Crippen LogP contribution in [0, 0.1) is 17.0 Å². The molecular weight excluding hydrogens is 579 g/mol. The minimum absolute atomic E-state index is 0.0496. The molecule has 1 fully saturated rings. The molecule has 0 aromatic heterocycles. The van der Waals surface area contributed by atoms with Crippen molar-refractivity contribution in [2.75, 3.05) is 19.8 Å². The summed E-state index contributed by atoms with van der Waals surface area (Å²) in [7, 11) is 0. The first-order valence-corrected chi connectivity index (χ1v) is 14.0. The Balaban J connectivity index is 2.38. The van der Waals surface area contributed by atoms with Crippen LogP contribution < -0.4 is 5.32 Å². The maximum Gasteiger partial charge on any atom is 0.410 e. The number of halogens is 5. The van der Waals surface area contributed by atoms with Crippen LogP contribution in [-0.4, -0.2) is 78.0 Å². The Labute approximate surface area is 249 Å². The molecule has 0 bridgehead atoms. The molecule has 1 heterocycles. The number of hydrogen-bond acceptors (Lipinski definition) is 6. The number of nitrogens with one attached hydrogen (secondary N) is 1. The summed E-state index contributed by atoms with van der Waals surface area (Å²) in [5.74, 6) is -2.56. The number of rotatable bonds is 10. The van der Waals surface area contributed by atoms with E-state index in [4.69, 9.17) is 14.2 Å². The number of morpholine rings is 1. The maximum atomic E-state index is 14.0. The zero-order chi connectivity index (χ0) is 32.8. The average molecular weight is 623 g/mol. The van der Waals surface area contributed by atoms with Crippen molar-refractivity contribution in [2.24, 2.45) is 5.41 Å². The first kappa shape index (κ1) is 36.4. The summed E-state index contributed by atoms with van der Waals surface area (Å²) in [6, 6.07) is 0.381. The van der Waals surface area contributed by atoms with E-state index < -0.39 is 72.7 Å². The highest BCUT2D eigenvalue weighted by molar-refractivity contribution is 5.93. The highest BCUT2D eigenvalue weighted by atomic mass is 19.4. The molecule has 43 heavy (non-hydrogen) atoms. The number of nitrogens with zero attached hydrogens (tertiary/aromatic N) is 1. The molecule has 2 N–H and O–H groups in total. The van der Waals surface area contributed by atoms with Gasteiger partial charge in [0.15, 0.2) is 6.29 Å². The third-order valence-electron chi connectivity index (χ3n) is 6.27. The molecule has 1 aromatic rings. The highest BCUT2D eigenvalue weighted by Crippen LogP contribution is 2.25. The Hall–Kier alpha value is -2.77. The van der Waals surface area contributed by atoms with Gasteiger partial charge in [-0.25, -0.2) is 13.6 Å². The van der Waals surface area contributed by atoms with Crippen LogP contribution in [0.25, 0.3) is 0 Å². The molecule has 2 amide bonds. The standard InChI is InChI=1S/C30H43F5N2O6/c1-18(9-8-10-30(33,34)35)26(39)36-22(13-19-11-20(31)14-21(32)12-19)25(38)23-16-41-24(42-17-28(2,3)4)15-37(23)27(40)43-29(5,6)7/h9,11-12,14,22-25,38H,8,10,13,15-17H2,1-7H3,(H,36,39)/t22-,23+,24-,25-/m0/s1. The van der Waals surface area contributed by atoms with Crippen molar-refractivity contribution in [3.63, 3.8) is 0 Å². The molecule has 8 nitrogen and oxygen atoms in total. The summed E-state index contributed by atoms with van der Waals surface area (Å²) < 4.78 is 82.9. The number of amides is 2. The van der Waals surface area contributed by atoms with Crippen LogP contribution >= 0.6 is 0 Å². The number of hydrogen-bond donors (Lipinski definition) is 2. The number of alkyl halides is 3. The lowest BCUT2D eigenvalue weighted by atomic mass is 9.94. The molecule has 0 radical (unpaired) electrons. The summed E-state index contributed by atoms with van der Waals surface area (Å²) in [5, 5.41) is 14.1. The molecule has 4 atom stereocenters. The largest absolute Gasteiger partial charge is 0.444 e. The van der Waals surface area contributed by atoms with Crippen molar-refractivity contribution in [3.8, 4) is 0 Å². The minimum atomic E-state index is -4.41. The quantitative estimate of drug-likeness (QED) is 0.258. The highest BCUT2D eigenvalue weighted by Gasteiger charge is 2.42. The Bertz CT molecular complexity index is 1110. The van der Waals surface area contributed by atoms with Gasteiger partial charge < -0.3 is 24.6 Å². The van der Waals surface area contributed by atoms with Crippen molar-refractivity contribution in [2.45, 2.75) is 104 Å². The summed E-state index contributed by atoms with van der Waals surface area (Å²) >= 11 is 0. The summed E-state index contributed by atoms with van der Waals surface area (Å²) in [5.41, 5.74) is -1.06. The summed E-state index contributed by atoms with van der Waals surface area (Å²) in [6.07, 6.45) is -8.34. The van der Waals surface area contributed by atoms with E-state index in [0.29, 0.717) is 12.7 Å². The van der Waals surface area contributed by atoms with E-state index >= 15 is 0 Å². The Kier molecular flexibility index (Phi) is 12.5. The van der Waals surface area contributed by atoms with E-state index in [0.717, 1.165) is 18.2 Å². The third kappa shape index (κ3) is 13.2. The Morgan fingerprint density at radius 3 is 2.26 bits per heavy atom. The van der Waals surface area contributed by atoms with Gasteiger partial charge in [0, 0.05) is 18.1 Å². The molecular formula is C30H43F5N2O6. The zero-order valence-electron chi connectivity index (χ0n) is 25.7. The number of aliphatic hydroxyl groups is 1. The summed E-state index contributed by atoms with van der Waals surface area (Å²) in [4.78, 5) is 27.5. The number of ether oxygens (including phenoxy) is 3. The topological polar surface area (TPSA) is 97.3 Å². The zero-order valence-corrected chi connectivity index (χ0v) is 25.7.